The highest BCUT2D eigenvalue weighted by Crippen LogP contribution is 1.94. The molecule has 9 heteroatoms. The molecule has 2 aromatic heterocycles. The van der Waals surface area contributed by atoms with E-state index in [4.69, 9.17) is 5.11 Å². The number of nitrogens with one attached hydrogen (secondary N) is 2. The maximum Gasteiger partial charge on any atom is 0.358 e. The van der Waals surface area contributed by atoms with E-state index in [1.165, 1.54) is 29.2 Å². The molecule has 9 nitrogen and oxygen atoms in total. The Bertz CT molecular complexity index is 670. The van der Waals surface area contributed by atoms with E-state index < -0.39 is 5.97 Å². The third kappa shape index (κ3) is 3.28. The highest BCUT2D eigenvalue weighted by Gasteiger charge is 2.08. The first-order chi connectivity index (χ1) is 9.56. The van der Waals surface area contributed by atoms with Gasteiger partial charge in [0.15, 0.2) is 5.69 Å². The Morgan fingerprint density at radius 1 is 1.40 bits per heavy atom. The van der Waals surface area contributed by atoms with Crippen LogP contribution >= 0.6 is 0 Å². The van der Waals surface area contributed by atoms with Crippen molar-refractivity contribution in [2.75, 3.05) is 6.54 Å². The predicted octanol–water partition coefficient (Wildman–Crippen LogP) is -0.905. The molecule has 0 atom stereocenters. The largest absolute Gasteiger partial charge is 0.476 e. The molecule has 2 rings (SSSR count). The van der Waals surface area contributed by atoms with Crippen molar-refractivity contribution in [1.82, 2.24) is 25.3 Å². The molecule has 0 unspecified atom stereocenters. The number of amides is 1. The van der Waals surface area contributed by atoms with Crippen LogP contribution in [0.1, 0.15) is 20.8 Å². The van der Waals surface area contributed by atoms with Gasteiger partial charge in [0.05, 0.1) is 18.3 Å². The summed E-state index contributed by atoms with van der Waals surface area (Å²) in [7, 11) is 0. The van der Waals surface area contributed by atoms with E-state index in [0.717, 1.165) is 0 Å². The lowest BCUT2D eigenvalue weighted by Gasteiger charge is -2.04. The Morgan fingerprint density at radius 3 is 2.80 bits per heavy atom. The van der Waals surface area contributed by atoms with E-state index >= 15 is 0 Å². The van der Waals surface area contributed by atoms with Gasteiger partial charge in [-0.25, -0.2) is 9.48 Å². The number of aromatic carboxylic acids is 1. The van der Waals surface area contributed by atoms with E-state index in [2.05, 4.69) is 20.6 Å². The van der Waals surface area contributed by atoms with Crippen LogP contribution in [0.5, 0.6) is 0 Å². The zero-order chi connectivity index (χ0) is 14.5. The maximum absolute atomic E-state index is 11.7. The molecule has 0 bridgehead atoms. The summed E-state index contributed by atoms with van der Waals surface area (Å²) in [6.45, 7) is 0.537. The number of carboxylic acids is 1. The number of carbonyl (C=O) groups is 2. The van der Waals surface area contributed by atoms with Gasteiger partial charge in [-0.3, -0.25) is 9.59 Å². The van der Waals surface area contributed by atoms with Crippen LogP contribution in [0, 0.1) is 0 Å². The number of H-pyrrole nitrogens is 1. The van der Waals surface area contributed by atoms with E-state index in [-0.39, 0.29) is 30.2 Å². The summed E-state index contributed by atoms with van der Waals surface area (Å²) in [5.74, 6) is -1.51. The number of nitrogens with zero attached hydrogens (tertiary/aromatic N) is 3. The third-order valence-corrected chi connectivity index (χ3v) is 2.43. The van der Waals surface area contributed by atoms with Crippen LogP contribution in [0.15, 0.2) is 29.3 Å². The molecule has 0 aliphatic carbocycles. The first kappa shape index (κ1) is 13.5. The van der Waals surface area contributed by atoms with Crippen LogP contribution in [0.4, 0.5) is 0 Å². The van der Waals surface area contributed by atoms with Crippen molar-refractivity contribution in [3.05, 3.63) is 46.1 Å². The highest BCUT2D eigenvalue weighted by molar-refractivity contribution is 5.93. The number of hydrogen-bond donors (Lipinski definition) is 3. The van der Waals surface area contributed by atoms with Gasteiger partial charge in [-0.05, 0) is 6.07 Å². The average Bonchev–Trinajstić information content (AvgIpc) is 2.88. The summed E-state index contributed by atoms with van der Waals surface area (Å²) in [6.07, 6.45) is 2.59. The first-order valence-corrected chi connectivity index (χ1v) is 5.66. The fraction of sp³-hybridized carbons (Fsp3) is 0.182. The van der Waals surface area contributed by atoms with Crippen molar-refractivity contribution >= 4 is 11.9 Å². The van der Waals surface area contributed by atoms with Gasteiger partial charge in [-0.1, -0.05) is 5.21 Å². The molecular formula is C11H11N5O4. The minimum atomic E-state index is -1.16. The van der Waals surface area contributed by atoms with Gasteiger partial charge < -0.3 is 15.4 Å². The molecule has 3 N–H and O–H groups in total. The lowest BCUT2D eigenvalue weighted by atomic mass is 10.3. The number of rotatable bonds is 5. The van der Waals surface area contributed by atoms with Gasteiger partial charge in [-0.2, -0.15) is 0 Å². The second-order valence-corrected chi connectivity index (χ2v) is 3.87. The van der Waals surface area contributed by atoms with Crippen molar-refractivity contribution in [2.24, 2.45) is 0 Å². The molecule has 2 aromatic rings. The zero-order valence-electron chi connectivity index (χ0n) is 10.2. The number of carbonyl (C=O) groups excluding carboxylic acids is 1. The van der Waals surface area contributed by atoms with Crippen LogP contribution in [0.2, 0.25) is 0 Å². The molecule has 0 aliphatic heterocycles. The fourth-order valence-electron chi connectivity index (χ4n) is 1.44. The van der Waals surface area contributed by atoms with E-state index in [1.54, 1.807) is 0 Å². The lowest BCUT2D eigenvalue weighted by Crippen LogP contribution is -2.27. The second-order valence-electron chi connectivity index (χ2n) is 3.87. The molecule has 0 aliphatic rings. The molecule has 0 fully saturated rings. The van der Waals surface area contributed by atoms with Gasteiger partial charge >= 0.3 is 5.97 Å². The smallest absolute Gasteiger partial charge is 0.358 e. The van der Waals surface area contributed by atoms with E-state index in [1.807, 2.05) is 0 Å². The number of aromatic nitrogens is 4. The molecule has 20 heavy (non-hydrogen) atoms. The summed E-state index contributed by atoms with van der Waals surface area (Å²) < 4.78 is 1.32. The third-order valence-electron chi connectivity index (χ3n) is 2.43. The predicted molar refractivity (Wildman–Crippen MR) is 66.4 cm³/mol. The van der Waals surface area contributed by atoms with Crippen LogP contribution < -0.4 is 10.9 Å². The minimum absolute atomic E-state index is 0.156. The Kier molecular flexibility index (Phi) is 3.89. The molecule has 2 heterocycles. The standard InChI is InChI=1S/C11H11N5O4/c17-9-2-1-7(5-13-9)10(18)12-3-4-16-6-8(11(19)20)14-15-16/h1-2,5-6H,3-4H2,(H,12,18)(H,13,17)(H,19,20). The first-order valence-electron chi connectivity index (χ1n) is 5.66. The van der Waals surface area contributed by atoms with Crippen molar-refractivity contribution in [1.29, 1.82) is 0 Å². The minimum Gasteiger partial charge on any atom is -0.476 e. The van der Waals surface area contributed by atoms with Crippen molar-refractivity contribution in [3.8, 4) is 0 Å². The number of carboxylic acid groups (broad SMARTS) is 1. The fourth-order valence-corrected chi connectivity index (χ4v) is 1.44. The molecule has 0 saturated heterocycles. The summed E-state index contributed by atoms with van der Waals surface area (Å²) in [5.41, 5.74) is -0.114. The molecule has 0 spiro atoms. The Morgan fingerprint density at radius 2 is 2.20 bits per heavy atom. The summed E-state index contributed by atoms with van der Waals surface area (Å²) in [6, 6.07) is 2.66. The van der Waals surface area contributed by atoms with Crippen LogP contribution in [0.25, 0.3) is 0 Å². The molecule has 0 radical (unpaired) electrons. The van der Waals surface area contributed by atoms with Crippen molar-refractivity contribution in [3.63, 3.8) is 0 Å². The Labute approximate surface area is 112 Å². The van der Waals surface area contributed by atoms with Gasteiger partial charge in [0.1, 0.15) is 0 Å². The second kappa shape index (κ2) is 5.78. The summed E-state index contributed by atoms with van der Waals surface area (Å²) in [5, 5.41) is 18.3. The van der Waals surface area contributed by atoms with Gasteiger partial charge in [0, 0.05) is 18.8 Å². The van der Waals surface area contributed by atoms with Crippen molar-refractivity contribution in [2.45, 2.75) is 6.54 Å². The molecule has 0 saturated carbocycles. The average molecular weight is 277 g/mol. The Hall–Kier alpha value is -2.97. The quantitative estimate of drug-likeness (QED) is 0.649. The monoisotopic (exact) mass is 277 g/mol. The number of aromatic amines is 1. The normalized spacial score (nSPS) is 10.2. The van der Waals surface area contributed by atoms with Crippen molar-refractivity contribution < 1.29 is 14.7 Å². The summed E-state index contributed by atoms with van der Waals surface area (Å²) in [4.78, 5) is 35.5. The maximum atomic E-state index is 11.7. The van der Waals surface area contributed by atoms with Gasteiger partial charge in [-0.15, -0.1) is 5.10 Å². The van der Waals surface area contributed by atoms with Crippen LogP contribution in [-0.4, -0.2) is 43.5 Å². The molecule has 104 valence electrons. The van der Waals surface area contributed by atoms with Crippen LogP contribution in [-0.2, 0) is 6.54 Å². The topological polar surface area (TPSA) is 130 Å². The Balaban J connectivity index is 1.86. The van der Waals surface area contributed by atoms with Crippen LogP contribution in [0.3, 0.4) is 0 Å². The molecule has 1 amide bonds. The van der Waals surface area contributed by atoms with Gasteiger partial charge in [0.25, 0.3) is 5.91 Å². The van der Waals surface area contributed by atoms with E-state index in [9.17, 15) is 14.4 Å². The number of hydrogen-bond acceptors (Lipinski definition) is 5. The van der Waals surface area contributed by atoms with E-state index in [0.29, 0.717) is 5.56 Å². The highest BCUT2D eigenvalue weighted by atomic mass is 16.4. The van der Waals surface area contributed by atoms with Gasteiger partial charge in [0.2, 0.25) is 5.56 Å². The zero-order valence-corrected chi connectivity index (χ0v) is 10.2. The molecule has 0 aromatic carbocycles. The molecular weight excluding hydrogens is 266 g/mol. The summed E-state index contributed by atoms with van der Waals surface area (Å²) >= 11 is 0. The SMILES string of the molecule is O=C(NCCn1cc(C(=O)O)nn1)c1ccc(=O)[nH]c1. The lowest BCUT2D eigenvalue weighted by molar-refractivity contribution is 0.0690. The number of pyridine rings is 1.